The molecule has 21 heavy (non-hydrogen) atoms. The number of aliphatic carboxylic acids is 1. The molecule has 0 radical (unpaired) electrons. The average Bonchev–Trinajstić information content (AvgIpc) is 2.47. The molecule has 0 fully saturated rings. The topological polar surface area (TPSA) is 77.9 Å². The van der Waals surface area contributed by atoms with Crippen molar-refractivity contribution in [2.24, 2.45) is 0 Å². The van der Waals surface area contributed by atoms with E-state index in [2.05, 4.69) is 0 Å². The van der Waals surface area contributed by atoms with Gasteiger partial charge in [0.2, 0.25) is 5.91 Å². The summed E-state index contributed by atoms with van der Waals surface area (Å²) in [5, 5.41) is 8.65. The van der Waals surface area contributed by atoms with Crippen molar-refractivity contribution in [2.45, 2.75) is 19.3 Å². The smallest absolute Gasteiger partial charge is 0.305 e. The number of carbonyl (C=O) groups is 3. The minimum Gasteiger partial charge on any atom is -0.481 e. The normalized spacial score (nSPS) is 13.8. The first-order valence-electron chi connectivity index (χ1n) is 6.77. The van der Waals surface area contributed by atoms with Crippen molar-refractivity contribution in [3.63, 3.8) is 0 Å². The molecule has 0 unspecified atom stereocenters. The Morgan fingerprint density at radius 2 is 2.05 bits per heavy atom. The van der Waals surface area contributed by atoms with Crippen LogP contribution < -0.4 is 4.90 Å². The highest BCUT2D eigenvalue weighted by molar-refractivity contribution is 5.98. The van der Waals surface area contributed by atoms with Crippen LogP contribution >= 0.6 is 0 Å². The molecule has 0 saturated heterocycles. The minimum atomic E-state index is -0.930. The largest absolute Gasteiger partial charge is 0.481 e. The molecule has 1 aromatic rings. The summed E-state index contributed by atoms with van der Waals surface area (Å²) in [4.78, 5) is 37.4. The molecule has 1 aromatic carbocycles. The summed E-state index contributed by atoms with van der Waals surface area (Å²) in [6.07, 6.45) is 0.985. The lowest BCUT2D eigenvalue weighted by Gasteiger charge is -2.26. The van der Waals surface area contributed by atoms with Crippen LogP contribution in [0.3, 0.4) is 0 Å². The van der Waals surface area contributed by atoms with Crippen LogP contribution in [0.2, 0.25) is 0 Å². The Balaban J connectivity index is 2.16. The number of nitrogens with zero attached hydrogens (tertiary/aromatic N) is 2. The Bertz CT molecular complexity index is 597. The second-order valence-corrected chi connectivity index (χ2v) is 5.17. The highest BCUT2D eigenvalue weighted by atomic mass is 16.4. The monoisotopic (exact) mass is 290 g/mol. The van der Waals surface area contributed by atoms with E-state index in [4.69, 9.17) is 5.11 Å². The van der Waals surface area contributed by atoms with Gasteiger partial charge in [-0.1, -0.05) is 0 Å². The van der Waals surface area contributed by atoms with Crippen LogP contribution in [0.15, 0.2) is 18.2 Å². The fourth-order valence-electron chi connectivity index (χ4n) is 2.37. The first-order valence-corrected chi connectivity index (χ1v) is 6.77. The lowest BCUT2D eigenvalue weighted by atomic mass is 9.99. The maximum atomic E-state index is 12.2. The van der Waals surface area contributed by atoms with Crippen molar-refractivity contribution in [2.75, 3.05) is 25.5 Å². The van der Waals surface area contributed by atoms with Gasteiger partial charge in [-0.3, -0.25) is 14.4 Å². The zero-order valence-corrected chi connectivity index (χ0v) is 12.1. The Morgan fingerprint density at radius 1 is 1.33 bits per heavy atom. The Morgan fingerprint density at radius 3 is 2.71 bits per heavy atom. The maximum absolute atomic E-state index is 12.2. The van der Waals surface area contributed by atoms with Crippen molar-refractivity contribution in [1.29, 1.82) is 0 Å². The number of anilines is 1. The first-order chi connectivity index (χ1) is 9.90. The molecule has 1 heterocycles. The number of hydrogen-bond donors (Lipinski definition) is 1. The van der Waals surface area contributed by atoms with Gasteiger partial charge in [-0.25, -0.2) is 0 Å². The molecule has 1 aliphatic heterocycles. The highest BCUT2D eigenvalue weighted by Crippen LogP contribution is 2.27. The fourth-order valence-corrected chi connectivity index (χ4v) is 2.37. The van der Waals surface area contributed by atoms with E-state index in [-0.39, 0.29) is 24.8 Å². The first kappa shape index (κ1) is 15.0. The Kier molecular flexibility index (Phi) is 4.26. The number of hydrogen-bond acceptors (Lipinski definition) is 3. The van der Waals surface area contributed by atoms with Crippen molar-refractivity contribution in [3.05, 3.63) is 29.3 Å². The summed E-state index contributed by atoms with van der Waals surface area (Å²) in [6.45, 7) is 0.170. The van der Waals surface area contributed by atoms with Crippen LogP contribution in [0.4, 0.5) is 5.69 Å². The van der Waals surface area contributed by atoms with Crippen molar-refractivity contribution in [1.82, 2.24) is 4.90 Å². The van der Waals surface area contributed by atoms with Gasteiger partial charge < -0.3 is 14.9 Å². The summed E-state index contributed by atoms with van der Waals surface area (Å²) < 4.78 is 0. The molecule has 1 N–H and O–H groups in total. The third-order valence-electron chi connectivity index (χ3n) is 3.68. The molecule has 0 aromatic heterocycles. The second-order valence-electron chi connectivity index (χ2n) is 5.17. The lowest BCUT2D eigenvalue weighted by molar-refractivity contribution is -0.137. The van der Waals surface area contributed by atoms with Crippen LogP contribution in [0.1, 0.15) is 28.8 Å². The van der Waals surface area contributed by atoms with Gasteiger partial charge >= 0.3 is 5.97 Å². The molecule has 0 atom stereocenters. The minimum absolute atomic E-state index is 0.0696. The van der Waals surface area contributed by atoms with E-state index in [1.165, 1.54) is 4.90 Å². The fraction of sp³-hybridized carbons (Fsp3) is 0.400. The van der Waals surface area contributed by atoms with Gasteiger partial charge in [-0.15, -0.1) is 0 Å². The number of carbonyl (C=O) groups excluding carboxylic acids is 2. The molecular weight excluding hydrogens is 272 g/mol. The number of aryl methyl sites for hydroxylation is 1. The predicted molar refractivity (Wildman–Crippen MR) is 77.4 cm³/mol. The van der Waals surface area contributed by atoms with Gasteiger partial charge in [0.05, 0.1) is 6.42 Å². The number of fused-ring (bicyclic) bond motifs is 1. The van der Waals surface area contributed by atoms with Gasteiger partial charge in [-0.2, -0.15) is 0 Å². The van der Waals surface area contributed by atoms with E-state index in [1.807, 2.05) is 0 Å². The molecule has 6 heteroatoms. The molecule has 0 spiro atoms. The third-order valence-corrected chi connectivity index (χ3v) is 3.68. The molecule has 6 nitrogen and oxygen atoms in total. The summed E-state index contributed by atoms with van der Waals surface area (Å²) >= 11 is 0. The Hall–Kier alpha value is -2.37. The lowest BCUT2D eigenvalue weighted by Crippen LogP contribution is -2.32. The molecule has 2 amide bonds. The summed E-state index contributed by atoms with van der Waals surface area (Å²) in [7, 11) is 3.31. The van der Waals surface area contributed by atoms with E-state index in [9.17, 15) is 14.4 Å². The highest BCUT2D eigenvalue weighted by Gasteiger charge is 2.22. The standard InChI is InChI=1S/C15H18N2O4/c1-16(8-7-14(19)20)15(21)11-3-5-12-10(9-11)4-6-13(18)17(12)2/h3,5,9H,4,6-8H2,1-2H3,(H,19,20). The predicted octanol–water partition coefficient (Wildman–Crippen LogP) is 1.14. The van der Waals surface area contributed by atoms with E-state index in [0.29, 0.717) is 18.4 Å². The van der Waals surface area contributed by atoms with E-state index in [0.717, 1.165) is 11.3 Å². The van der Waals surface area contributed by atoms with Gasteiger partial charge in [0.15, 0.2) is 0 Å². The molecular formula is C15H18N2O4. The van der Waals surface area contributed by atoms with Gasteiger partial charge in [0, 0.05) is 38.3 Å². The van der Waals surface area contributed by atoms with E-state index >= 15 is 0 Å². The zero-order chi connectivity index (χ0) is 15.6. The summed E-state index contributed by atoms with van der Waals surface area (Å²) in [6, 6.07) is 5.23. The van der Waals surface area contributed by atoms with Crippen molar-refractivity contribution < 1.29 is 19.5 Å². The Labute approximate surface area is 123 Å². The number of benzene rings is 1. The van der Waals surface area contributed by atoms with E-state index < -0.39 is 5.97 Å². The molecule has 112 valence electrons. The third kappa shape index (κ3) is 3.21. The van der Waals surface area contributed by atoms with Gasteiger partial charge in [0.25, 0.3) is 5.91 Å². The number of rotatable bonds is 4. The van der Waals surface area contributed by atoms with Crippen molar-refractivity contribution >= 4 is 23.5 Å². The average molecular weight is 290 g/mol. The van der Waals surface area contributed by atoms with Crippen LogP contribution in [0.5, 0.6) is 0 Å². The van der Waals surface area contributed by atoms with E-state index in [1.54, 1.807) is 37.2 Å². The molecule has 0 saturated carbocycles. The molecule has 2 rings (SSSR count). The molecule has 0 aliphatic carbocycles. The van der Waals surface area contributed by atoms with Gasteiger partial charge in [-0.05, 0) is 30.2 Å². The number of carboxylic acid groups (broad SMARTS) is 1. The quantitative estimate of drug-likeness (QED) is 0.902. The summed E-state index contributed by atoms with van der Waals surface area (Å²) in [5.41, 5.74) is 2.31. The van der Waals surface area contributed by atoms with Crippen LogP contribution in [-0.2, 0) is 16.0 Å². The van der Waals surface area contributed by atoms with Crippen molar-refractivity contribution in [3.8, 4) is 0 Å². The number of carboxylic acids is 1. The van der Waals surface area contributed by atoms with Gasteiger partial charge in [0.1, 0.15) is 0 Å². The zero-order valence-electron chi connectivity index (χ0n) is 12.1. The van der Waals surface area contributed by atoms with Crippen LogP contribution in [-0.4, -0.2) is 48.4 Å². The second kappa shape index (κ2) is 5.95. The van der Waals surface area contributed by atoms with Crippen LogP contribution in [0.25, 0.3) is 0 Å². The van der Waals surface area contributed by atoms with Crippen LogP contribution in [0, 0.1) is 0 Å². The number of amides is 2. The molecule has 1 aliphatic rings. The maximum Gasteiger partial charge on any atom is 0.305 e. The SMILES string of the molecule is CN(CCC(=O)O)C(=O)c1ccc2c(c1)CCC(=O)N2C. The summed E-state index contributed by atoms with van der Waals surface area (Å²) in [5.74, 6) is -1.07. The molecule has 0 bridgehead atoms.